The van der Waals surface area contributed by atoms with Crippen LogP contribution < -0.4 is 5.32 Å². The fourth-order valence-corrected chi connectivity index (χ4v) is 3.45. The molecular weight excluding hydrogens is 286 g/mol. The number of nitrogens with zero attached hydrogens (tertiary/aromatic N) is 4. The van der Waals surface area contributed by atoms with Gasteiger partial charge in [0, 0.05) is 9.67 Å². The average molecular weight is 308 g/mol. The summed E-state index contributed by atoms with van der Waals surface area (Å²) < 4.78 is 0.446. The van der Waals surface area contributed by atoms with Crippen molar-refractivity contribution in [3.05, 3.63) is 21.2 Å². The summed E-state index contributed by atoms with van der Waals surface area (Å²) in [5.74, 6) is 0.654. The van der Waals surface area contributed by atoms with E-state index in [9.17, 15) is 14.6 Å². The highest BCUT2D eigenvalue weighted by atomic mass is 16.4. The van der Waals surface area contributed by atoms with E-state index in [0.717, 1.165) is 22.5 Å². The molecule has 0 saturated carbocycles. The van der Waals surface area contributed by atoms with E-state index in [4.69, 9.17) is 0 Å². The van der Waals surface area contributed by atoms with Gasteiger partial charge >= 0.3 is 18.4 Å². The molecule has 1 amide bonds. The highest BCUT2D eigenvalue weighted by Gasteiger charge is 2.70. The Morgan fingerprint density at radius 1 is 1.32 bits per heavy atom. The van der Waals surface area contributed by atoms with Crippen LogP contribution in [0.25, 0.3) is 0 Å². The Balaban J connectivity index is 2.04. The van der Waals surface area contributed by atoms with Crippen LogP contribution in [0.5, 0.6) is 0 Å². The molecule has 0 fully saturated rings. The zero-order chi connectivity index (χ0) is 15.9. The molecule has 2 atom stereocenters. The number of quaternary nitrogens is 1. The number of fused-ring (bicyclic) bond motifs is 2. The maximum atomic E-state index is 12.9. The lowest BCUT2D eigenvalue weighted by atomic mass is 10.1. The number of amides is 1. The Kier molecular flexibility index (Phi) is 3.64. The van der Waals surface area contributed by atoms with Crippen molar-refractivity contribution in [2.24, 2.45) is 4.99 Å². The van der Waals surface area contributed by atoms with E-state index in [-0.39, 0.29) is 19.1 Å². The van der Waals surface area contributed by atoms with Gasteiger partial charge in [-0.3, -0.25) is 0 Å². The Bertz CT molecular complexity index is 624. The quantitative estimate of drug-likeness (QED) is 0.606. The first-order valence-corrected chi connectivity index (χ1v) is 7.94. The predicted octanol–water partition coefficient (Wildman–Crippen LogP) is 0.969. The standard InChI is InChI=1S/C14H22N5O3/c1-3-5-6-11-14(20)19(7-4-2)13(16-11)10-8-17(21)9-15-12(10)18(19)22/h11,15H,3-9H2,1-2H3/q+3. The number of hydrogen-bond acceptors (Lipinski definition) is 5. The third-order valence-electron chi connectivity index (χ3n) is 4.47. The van der Waals surface area contributed by atoms with Crippen molar-refractivity contribution in [3.8, 4) is 0 Å². The fourth-order valence-electron chi connectivity index (χ4n) is 3.45. The molecule has 0 aliphatic carbocycles. The minimum Gasteiger partial charge on any atom is -0.223 e. The molecule has 3 aliphatic heterocycles. The third-order valence-corrected chi connectivity index (χ3v) is 4.47. The van der Waals surface area contributed by atoms with Gasteiger partial charge in [-0.25, -0.2) is 15.1 Å². The molecule has 0 aromatic heterocycles. The van der Waals surface area contributed by atoms with E-state index in [1.807, 2.05) is 6.92 Å². The maximum absolute atomic E-state index is 12.9. The molecule has 2 unspecified atom stereocenters. The maximum Gasteiger partial charge on any atom is 0.398 e. The van der Waals surface area contributed by atoms with Crippen molar-refractivity contribution in [2.45, 2.75) is 45.6 Å². The van der Waals surface area contributed by atoms with Crippen LogP contribution in [0.2, 0.25) is 0 Å². The molecule has 0 spiro atoms. The van der Waals surface area contributed by atoms with Crippen molar-refractivity contribution < 1.29 is 19.0 Å². The van der Waals surface area contributed by atoms with E-state index >= 15 is 0 Å². The molecule has 118 valence electrons. The molecule has 8 nitrogen and oxygen atoms in total. The van der Waals surface area contributed by atoms with Crippen molar-refractivity contribution in [1.29, 1.82) is 0 Å². The second-order valence-electron chi connectivity index (χ2n) is 6.02. The van der Waals surface area contributed by atoms with Gasteiger partial charge in [0.05, 0.1) is 0 Å². The van der Waals surface area contributed by atoms with E-state index in [1.54, 1.807) is 0 Å². The third kappa shape index (κ3) is 1.86. The van der Waals surface area contributed by atoms with Crippen LogP contribution in [0.1, 0.15) is 39.5 Å². The fraction of sp³-hybridized carbons (Fsp3) is 0.714. The molecule has 0 radical (unpaired) electrons. The number of nitrogens with one attached hydrogen (secondary N) is 1. The molecule has 0 bridgehead atoms. The summed E-state index contributed by atoms with van der Waals surface area (Å²) in [6.45, 7) is 4.56. The first-order valence-electron chi connectivity index (χ1n) is 7.94. The van der Waals surface area contributed by atoms with Gasteiger partial charge in [0.15, 0.2) is 10.9 Å². The summed E-state index contributed by atoms with van der Waals surface area (Å²) in [4.78, 5) is 42.7. The molecule has 0 saturated heterocycles. The summed E-state index contributed by atoms with van der Waals surface area (Å²) in [7, 11) is 0. The number of unbranched alkanes of at least 4 members (excludes halogenated alkanes) is 1. The monoisotopic (exact) mass is 308 g/mol. The zero-order valence-corrected chi connectivity index (χ0v) is 13.0. The summed E-state index contributed by atoms with van der Waals surface area (Å²) in [5, 5.41) is 2.83. The second-order valence-corrected chi connectivity index (χ2v) is 6.02. The predicted molar refractivity (Wildman–Crippen MR) is 78.3 cm³/mol. The normalized spacial score (nSPS) is 30.4. The molecular formula is C14H22N5O3+3. The van der Waals surface area contributed by atoms with E-state index in [1.165, 1.54) is 0 Å². The smallest absolute Gasteiger partial charge is 0.223 e. The molecule has 3 heterocycles. The van der Waals surface area contributed by atoms with Crippen molar-refractivity contribution in [1.82, 2.24) is 5.32 Å². The minimum atomic E-state index is -0.464. The average Bonchev–Trinajstić information content (AvgIpc) is 2.90. The summed E-state index contributed by atoms with van der Waals surface area (Å²) in [5.41, 5.74) is 0.581. The van der Waals surface area contributed by atoms with Crippen molar-refractivity contribution in [3.63, 3.8) is 0 Å². The van der Waals surface area contributed by atoms with Crippen LogP contribution in [0.15, 0.2) is 16.4 Å². The Hall–Kier alpha value is -1.96. The highest BCUT2D eigenvalue weighted by Crippen LogP contribution is 2.37. The first-order chi connectivity index (χ1) is 10.6. The van der Waals surface area contributed by atoms with E-state index in [0.29, 0.717) is 36.6 Å². The minimum absolute atomic E-state index is 0.0600. The molecule has 0 aromatic carbocycles. The molecule has 1 N–H and O–H groups in total. The molecule has 8 heteroatoms. The van der Waals surface area contributed by atoms with Crippen LogP contribution in [-0.2, 0) is 4.79 Å². The lowest BCUT2D eigenvalue weighted by Crippen LogP contribution is -2.58. The van der Waals surface area contributed by atoms with Gasteiger partial charge in [-0.1, -0.05) is 26.7 Å². The van der Waals surface area contributed by atoms with Crippen LogP contribution in [0, 0.1) is 9.81 Å². The number of hydrogen-bond donors (Lipinski definition) is 1. The second kappa shape index (κ2) is 5.35. The molecule has 22 heavy (non-hydrogen) atoms. The topological polar surface area (TPSA) is 81.6 Å². The number of amidine groups is 1. The largest absolute Gasteiger partial charge is 0.398 e. The number of nitroso groups, excluding NO2 is 2. The van der Waals surface area contributed by atoms with Gasteiger partial charge in [-0.05, 0) is 22.3 Å². The van der Waals surface area contributed by atoms with Crippen LogP contribution in [-0.4, -0.2) is 51.8 Å². The van der Waals surface area contributed by atoms with Gasteiger partial charge < -0.3 is 0 Å². The first kappa shape index (κ1) is 15.0. The number of rotatable bonds is 5. The van der Waals surface area contributed by atoms with Gasteiger partial charge in [-0.15, -0.1) is 0 Å². The Morgan fingerprint density at radius 3 is 2.77 bits per heavy atom. The highest BCUT2D eigenvalue weighted by molar-refractivity contribution is 6.05. The SMILES string of the molecule is CCCCC1N=C2C3=C(NC[N+](=O)C3)[N+](=O)[N+]2(CCC)C1=O. The van der Waals surface area contributed by atoms with Crippen LogP contribution >= 0.6 is 0 Å². The van der Waals surface area contributed by atoms with Crippen LogP contribution in [0.4, 0.5) is 0 Å². The Labute approximate surface area is 128 Å². The molecule has 0 aromatic rings. The number of carbonyl (C=O) groups excluding carboxylic acids is 1. The van der Waals surface area contributed by atoms with Crippen molar-refractivity contribution >= 4 is 11.7 Å². The van der Waals surface area contributed by atoms with Crippen LogP contribution in [0.3, 0.4) is 0 Å². The molecule has 3 aliphatic rings. The van der Waals surface area contributed by atoms with Gasteiger partial charge in [0.25, 0.3) is 5.84 Å². The zero-order valence-electron chi connectivity index (χ0n) is 13.0. The lowest BCUT2D eigenvalue weighted by Gasteiger charge is -2.19. The number of aliphatic imine (C=N–C) groups is 1. The summed E-state index contributed by atoms with van der Waals surface area (Å²) in [6, 6.07) is -0.464. The molecule has 3 rings (SSSR count). The van der Waals surface area contributed by atoms with Gasteiger partial charge in [-0.2, -0.15) is 0 Å². The van der Waals surface area contributed by atoms with E-state index < -0.39 is 10.6 Å². The number of carbonyl (C=O) groups is 1. The van der Waals surface area contributed by atoms with Gasteiger partial charge in [0.1, 0.15) is 6.54 Å². The van der Waals surface area contributed by atoms with E-state index in [2.05, 4.69) is 17.2 Å². The van der Waals surface area contributed by atoms with Gasteiger partial charge in [0.2, 0.25) is 12.1 Å². The Morgan fingerprint density at radius 2 is 2.09 bits per heavy atom. The summed E-state index contributed by atoms with van der Waals surface area (Å²) >= 11 is 0. The lowest BCUT2D eigenvalue weighted by molar-refractivity contribution is -1.22. The van der Waals surface area contributed by atoms with Crippen molar-refractivity contribution in [2.75, 3.05) is 19.8 Å². The summed E-state index contributed by atoms with van der Waals surface area (Å²) in [6.07, 6.45) is 3.22.